The molecule has 3 atom stereocenters. The number of fused-ring (bicyclic) bond motifs is 1. The summed E-state index contributed by atoms with van der Waals surface area (Å²) in [5, 5.41) is 9.71. The van der Waals surface area contributed by atoms with Crippen LogP contribution in [0.1, 0.15) is 46.5 Å². The number of rotatable bonds is 0. The Bertz CT molecular complexity index is 298. The van der Waals surface area contributed by atoms with Crippen LogP contribution >= 0.6 is 0 Å². The van der Waals surface area contributed by atoms with Crippen LogP contribution in [0.25, 0.3) is 0 Å². The van der Waals surface area contributed by atoms with Crippen molar-refractivity contribution in [3.05, 3.63) is 0 Å². The van der Waals surface area contributed by atoms with Gasteiger partial charge < -0.3 is 14.7 Å². The number of likely N-dealkylation sites (tertiary alicyclic amines) is 1. The summed E-state index contributed by atoms with van der Waals surface area (Å²) in [4.78, 5) is 13.9. The Morgan fingerprint density at radius 2 is 2.00 bits per heavy atom. The summed E-state index contributed by atoms with van der Waals surface area (Å²) in [5.74, 6) is 0.561. The van der Waals surface area contributed by atoms with Crippen molar-refractivity contribution in [3.63, 3.8) is 0 Å². The number of ether oxygens (including phenoxy) is 1. The normalized spacial score (nSPS) is 33.4. The minimum atomic E-state index is -0.442. The number of carbonyl (C=O) groups excluding carboxylic acids is 1. The lowest BCUT2D eigenvalue weighted by Gasteiger charge is -2.34. The minimum absolute atomic E-state index is 0.189. The Kier molecular flexibility index (Phi) is 3.34. The summed E-state index contributed by atoms with van der Waals surface area (Å²) in [6.07, 6.45) is 3.20. The third-order valence-electron chi connectivity index (χ3n) is 3.70. The second kappa shape index (κ2) is 4.48. The van der Waals surface area contributed by atoms with Crippen molar-refractivity contribution in [2.45, 2.75) is 64.2 Å². The molecule has 1 amide bonds. The largest absolute Gasteiger partial charge is 0.444 e. The molecule has 0 radical (unpaired) electrons. The van der Waals surface area contributed by atoms with E-state index in [-0.39, 0.29) is 18.2 Å². The van der Waals surface area contributed by atoms with Crippen LogP contribution in [-0.2, 0) is 4.74 Å². The van der Waals surface area contributed by atoms with Crippen LogP contribution in [0.2, 0.25) is 0 Å². The van der Waals surface area contributed by atoms with Gasteiger partial charge in [-0.25, -0.2) is 4.79 Å². The number of nitrogens with zero attached hydrogens (tertiary/aromatic N) is 1. The van der Waals surface area contributed by atoms with Gasteiger partial charge in [0.15, 0.2) is 0 Å². The van der Waals surface area contributed by atoms with Crippen LogP contribution < -0.4 is 0 Å². The van der Waals surface area contributed by atoms with Gasteiger partial charge in [0.05, 0.1) is 6.10 Å². The molecule has 0 aromatic rings. The zero-order valence-corrected chi connectivity index (χ0v) is 11.0. The van der Waals surface area contributed by atoms with Crippen molar-refractivity contribution in [2.24, 2.45) is 5.92 Å². The molecule has 1 saturated carbocycles. The maximum Gasteiger partial charge on any atom is 0.410 e. The average Bonchev–Trinajstić information content (AvgIpc) is 2.57. The predicted octanol–water partition coefficient (Wildman–Crippen LogP) is 2.16. The zero-order chi connectivity index (χ0) is 12.6. The monoisotopic (exact) mass is 241 g/mol. The van der Waals surface area contributed by atoms with Gasteiger partial charge in [0, 0.05) is 12.6 Å². The predicted molar refractivity (Wildman–Crippen MR) is 64.7 cm³/mol. The highest BCUT2D eigenvalue weighted by atomic mass is 16.6. The van der Waals surface area contributed by atoms with Gasteiger partial charge >= 0.3 is 6.09 Å². The second-order valence-corrected chi connectivity index (χ2v) is 6.26. The van der Waals surface area contributed by atoms with Crippen molar-refractivity contribution in [3.8, 4) is 0 Å². The molecular formula is C13H23NO3. The maximum absolute atomic E-state index is 12.0. The minimum Gasteiger partial charge on any atom is -0.444 e. The Balaban J connectivity index is 1.99. The highest BCUT2D eigenvalue weighted by Gasteiger charge is 2.42. The molecule has 1 N–H and O–H groups in total. The van der Waals surface area contributed by atoms with Crippen LogP contribution in [-0.4, -0.2) is 40.4 Å². The van der Waals surface area contributed by atoms with E-state index in [1.165, 1.54) is 0 Å². The molecule has 2 rings (SSSR count). The molecule has 0 aromatic carbocycles. The summed E-state index contributed by atoms with van der Waals surface area (Å²) in [6.45, 7) is 6.42. The lowest BCUT2D eigenvalue weighted by atomic mass is 9.83. The fourth-order valence-corrected chi connectivity index (χ4v) is 2.92. The molecule has 4 heteroatoms. The van der Waals surface area contributed by atoms with E-state index in [1.807, 2.05) is 25.7 Å². The average molecular weight is 241 g/mol. The molecule has 4 nitrogen and oxygen atoms in total. The van der Waals surface area contributed by atoms with E-state index < -0.39 is 5.60 Å². The fourth-order valence-electron chi connectivity index (χ4n) is 2.92. The zero-order valence-electron chi connectivity index (χ0n) is 11.0. The Morgan fingerprint density at radius 1 is 1.29 bits per heavy atom. The van der Waals surface area contributed by atoms with Gasteiger partial charge in [-0.3, -0.25) is 0 Å². The number of amides is 1. The van der Waals surface area contributed by atoms with Crippen LogP contribution in [0.4, 0.5) is 4.79 Å². The third kappa shape index (κ3) is 2.92. The van der Waals surface area contributed by atoms with Gasteiger partial charge in [-0.2, -0.15) is 0 Å². The molecule has 98 valence electrons. The van der Waals surface area contributed by atoms with Crippen molar-refractivity contribution in [2.75, 3.05) is 6.54 Å². The summed E-state index contributed by atoms with van der Waals surface area (Å²) in [5.41, 5.74) is -0.442. The molecule has 3 unspecified atom stereocenters. The van der Waals surface area contributed by atoms with E-state index in [1.54, 1.807) is 0 Å². The Morgan fingerprint density at radius 3 is 2.65 bits per heavy atom. The smallest absolute Gasteiger partial charge is 0.410 e. The standard InChI is InChI=1S/C13H23NO3/c1-13(2,3)17-12(16)14-7-6-9-4-5-10(15)8-11(9)14/h9-11,15H,4-8H2,1-3H3. The number of hydrogen-bond acceptors (Lipinski definition) is 3. The number of hydrogen-bond donors (Lipinski definition) is 1. The molecule has 1 aliphatic heterocycles. The summed E-state index contributed by atoms with van der Waals surface area (Å²) < 4.78 is 5.41. The van der Waals surface area contributed by atoms with E-state index in [0.717, 1.165) is 25.8 Å². The lowest BCUT2D eigenvalue weighted by Crippen LogP contribution is -2.44. The summed E-state index contributed by atoms with van der Waals surface area (Å²) in [6, 6.07) is 0.189. The highest BCUT2D eigenvalue weighted by Crippen LogP contribution is 2.36. The van der Waals surface area contributed by atoms with Crippen LogP contribution in [0, 0.1) is 5.92 Å². The third-order valence-corrected chi connectivity index (χ3v) is 3.70. The van der Waals surface area contributed by atoms with Gasteiger partial charge in [-0.05, 0) is 52.4 Å². The van der Waals surface area contributed by atoms with Crippen molar-refractivity contribution in [1.29, 1.82) is 0 Å². The van der Waals surface area contributed by atoms with Crippen LogP contribution in [0.3, 0.4) is 0 Å². The number of carbonyl (C=O) groups is 1. The lowest BCUT2D eigenvalue weighted by molar-refractivity contribution is 0.00812. The molecule has 0 spiro atoms. The first-order chi connectivity index (χ1) is 7.87. The number of aliphatic hydroxyl groups excluding tert-OH is 1. The topological polar surface area (TPSA) is 49.8 Å². The van der Waals surface area contributed by atoms with E-state index in [2.05, 4.69) is 0 Å². The van der Waals surface area contributed by atoms with Gasteiger partial charge in [0.2, 0.25) is 0 Å². The fraction of sp³-hybridized carbons (Fsp3) is 0.923. The first kappa shape index (κ1) is 12.7. The van der Waals surface area contributed by atoms with E-state index in [9.17, 15) is 9.90 Å². The molecule has 1 saturated heterocycles. The first-order valence-corrected chi connectivity index (χ1v) is 6.54. The van der Waals surface area contributed by atoms with Crippen molar-refractivity contribution >= 4 is 6.09 Å². The summed E-state index contributed by atoms with van der Waals surface area (Å²) in [7, 11) is 0. The van der Waals surface area contributed by atoms with Crippen LogP contribution in [0.15, 0.2) is 0 Å². The van der Waals surface area contributed by atoms with Gasteiger partial charge in [-0.15, -0.1) is 0 Å². The van der Waals surface area contributed by atoms with E-state index in [4.69, 9.17) is 4.74 Å². The molecule has 1 aliphatic carbocycles. The quantitative estimate of drug-likeness (QED) is 0.707. The molecule has 17 heavy (non-hydrogen) atoms. The number of aliphatic hydroxyl groups is 1. The van der Waals surface area contributed by atoms with Crippen molar-refractivity contribution in [1.82, 2.24) is 4.90 Å². The van der Waals surface area contributed by atoms with Gasteiger partial charge in [0.1, 0.15) is 5.60 Å². The molecule has 2 fully saturated rings. The molecule has 1 heterocycles. The second-order valence-electron chi connectivity index (χ2n) is 6.26. The molecule has 0 bridgehead atoms. The maximum atomic E-state index is 12.0. The van der Waals surface area contributed by atoms with Crippen LogP contribution in [0.5, 0.6) is 0 Å². The SMILES string of the molecule is CC(C)(C)OC(=O)N1CCC2CCC(O)CC21. The molecule has 0 aromatic heterocycles. The van der Waals surface area contributed by atoms with Gasteiger partial charge in [-0.1, -0.05) is 0 Å². The Labute approximate surface area is 103 Å². The van der Waals surface area contributed by atoms with E-state index >= 15 is 0 Å². The molecule has 2 aliphatic rings. The van der Waals surface area contributed by atoms with Gasteiger partial charge in [0.25, 0.3) is 0 Å². The Hall–Kier alpha value is -0.770. The highest BCUT2D eigenvalue weighted by molar-refractivity contribution is 5.69. The molecular weight excluding hydrogens is 218 g/mol. The van der Waals surface area contributed by atoms with E-state index in [0.29, 0.717) is 12.3 Å². The summed E-state index contributed by atoms with van der Waals surface area (Å²) >= 11 is 0. The van der Waals surface area contributed by atoms with Crippen molar-refractivity contribution < 1.29 is 14.6 Å². The first-order valence-electron chi connectivity index (χ1n) is 6.54.